The van der Waals surface area contributed by atoms with Crippen LogP contribution >= 0.6 is 0 Å². The molecule has 2 aromatic rings. The highest BCUT2D eigenvalue weighted by Crippen LogP contribution is 2.27. The maximum Gasteiger partial charge on any atom is 0.339 e. The van der Waals surface area contributed by atoms with Crippen molar-refractivity contribution >= 4 is 16.0 Å². The molecule has 0 heterocycles. The smallest absolute Gasteiger partial charge is 0.339 e. The standard InChI is InChI=1S/C23H30FNO5S/c1-6-17(4)25(23(26)13-16(2)3)15-18-9-7-8-10-21(18)30-31(27,28)19-11-12-22(29-5)20(24)14-19/h7-12,14,16-17H,6,13,15H2,1-5H3. The summed E-state index contributed by atoms with van der Waals surface area (Å²) >= 11 is 0. The van der Waals surface area contributed by atoms with E-state index in [0.717, 1.165) is 12.5 Å². The summed E-state index contributed by atoms with van der Waals surface area (Å²) in [5, 5.41) is 0. The van der Waals surface area contributed by atoms with Crippen molar-refractivity contribution in [3.63, 3.8) is 0 Å². The fraction of sp³-hybridized carbons (Fsp3) is 0.435. The molecule has 0 aliphatic carbocycles. The lowest BCUT2D eigenvalue weighted by Crippen LogP contribution is -2.38. The number of amides is 1. The van der Waals surface area contributed by atoms with Crippen LogP contribution in [0.25, 0.3) is 0 Å². The number of nitrogens with zero attached hydrogens (tertiary/aromatic N) is 1. The van der Waals surface area contributed by atoms with E-state index in [-0.39, 0.29) is 40.8 Å². The van der Waals surface area contributed by atoms with Crippen LogP contribution in [-0.4, -0.2) is 32.4 Å². The third-order valence-corrected chi connectivity index (χ3v) is 6.18. The SMILES string of the molecule is CCC(C)N(Cc1ccccc1OS(=O)(=O)c1ccc(OC)c(F)c1)C(=O)CC(C)C. The van der Waals surface area contributed by atoms with Crippen LogP contribution in [0.1, 0.15) is 46.1 Å². The van der Waals surface area contributed by atoms with E-state index in [9.17, 15) is 17.6 Å². The molecule has 1 atom stereocenters. The number of ether oxygens (including phenoxy) is 1. The van der Waals surface area contributed by atoms with Crippen molar-refractivity contribution in [2.75, 3.05) is 7.11 Å². The molecule has 31 heavy (non-hydrogen) atoms. The molecule has 1 amide bonds. The summed E-state index contributed by atoms with van der Waals surface area (Å²) in [5.41, 5.74) is 0.553. The zero-order valence-electron chi connectivity index (χ0n) is 18.6. The van der Waals surface area contributed by atoms with Crippen molar-refractivity contribution in [1.82, 2.24) is 4.90 Å². The van der Waals surface area contributed by atoms with Gasteiger partial charge in [-0.15, -0.1) is 0 Å². The van der Waals surface area contributed by atoms with Gasteiger partial charge in [-0.05, 0) is 43.5 Å². The number of hydrogen-bond acceptors (Lipinski definition) is 5. The molecule has 0 aliphatic heterocycles. The van der Waals surface area contributed by atoms with Crippen LogP contribution in [0.4, 0.5) is 4.39 Å². The topological polar surface area (TPSA) is 72.9 Å². The number of halogens is 1. The number of para-hydroxylation sites is 1. The van der Waals surface area contributed by atoms with Gasteiger partial charge in [-0.2, -0.15) is 8.42 Å². The van der Waals surface area contributed by atoms with Crippen LogP contribution < -0.4 is 8.92 Å². The molecule has 0 saturated carbocycles. The summed E-state index contributed by atoms with van der Waals surface area (Å²) in [7, 11) is -2.99. The minimum atomic E-state index is -4.28. The number of methoxy groups -OCH3 is 1. The highest BCUT2D eigenvalue weighted by atomic mass is 32.2. The predicted octanol–water partition coefficient (Wildman–Crippen LogP) is 4.78. The Morgan fingerprint density at radius 1 is 1.10 bits per heavy atom. The van der Waals surface area contributed by atoms with Crippen LogP contribution in [0.2, 0.25) is 0 Å². The molecule has 0 fully saturated rings. The zero-order chi connectivity index (χ0) is 23.2. The maximum atomic E-state index is 14.0. The zero-order valence-corrected chi connectivity index (χ0v) is 19.4. The largest absolute Gasteiger partial charge is 0.494 e. The summed E-state index contributed by atoms with van der Waals surface area (Å²) in [4.78, 5) is 14.2. The first kappa shape index (κ1) is 24.7. The van der Waals surface area contributed by atoms with E-state index >= 15 is 0 Å². The van der Waals surface area contributed by atoms with Gasteiger partial charge in [0.2, 0.25) is 5.91 Å². The average Bonchev–Trinajstić information content (AvgIpc) is 2.71. The van der Waals surface area contributed by atoms with Crippen molar-refractivity contribution in [2.45, 2.75) is 58.0 Å². The fourth-order valence-electron chi connectivity index (χ4n) is 3.04. The van der Waals surface area contributed by atoms with E-state index < -0.39 is 15.9 Å². The van der Waals surface area contributed by atoms with Gasteiger partial charge in [0.15, 0.2) is 11.6 Å². The molecule has 0 bridgehead atoms. The monoisotopic (exact) mass is 451 g/mol. The Labute approximate surface area is 184 Å². The minimum absolute atomic E-state index is 0.000708. The Balaban J connectivity index is 2.34. The molecule has 170 valence electrons. The number of carbonyl (C=O) groups is 1. The molecular weight excluding hydrogens is 421 g/mol. The lowest BCUT2D eigenvalue weighted by Gasteiger charge is -2.30. The van der Waals surface area contributed by atoms with Crippen LogP contribution in [-0.2, 0) is 21.5 Å². The molecule has 0 N–H and O–H groups in total. The van der Waals surface area contributed by atoms with Gasteiger partial charge in [0.25, 0.3) is 0 Å². The first-order valence-corrected chi connectivity index (χ1v) is 11.6. The molecule has 8 heteroatoms. The fourth-order valence-corrected chi connectivity index (χ4v) is 4.02. The van der Waals surface area contributed by atoms with Gasteiger partial charge in [0.1, 0.15) is 10.6 Å². The maximum absolute atomic E-state index is 14.0. The highest BCUT2D eigenvalue weighted by Gasteiger charge is 2.24. The van der Waals surface area contributed by atoms with E-state index in [1.165, 1.54) is 25.3 Å². The third kappa shape index (κ3) is 6.43. The van der Waals surface area contributed by atoms with Crippen molar-refractivity contribution in [3.05, 3.63) is 53.8 Å². The molecule has 0 radical (unpaired) electrons. The second-order valence-electron chi connectivity index (χ2n) is 7.82. The van der Waals surface area contributed by atoms with E-state index in [4.69, 9.17) is 8.92 Å². The average molecular weight is 452 g/mol. The molecule has 0 aliphatic rings. The van der Waals surface area contributed by atoms with Gasteiger partial charge in [-0.25, -0.2) is 4.39 Å². The normalized spacial score (nSPS) is 12.5. The Hall–Kier alpha value is -2.61. The number of rotatable bonds is 10. The Bertz CT molecular complexity index is 1010. The lowest BCUT2D eigenvalue weighted by atomic mass is 10.1. The highest BCUT2D eigenvalue weighted by molar-refractivity contribution is 7.87. The number of hydrogen-bond donors (Lipinski definition) is 0. The minimum Gasteiger partial charge on any atom is -0.494 e. The quantitative estimate of drug-likeness (QED) is 0.486. The Morgan fingerprint density at radius 3 is 2.35 bits per heavy atom. The van der Waals surface area contributed by atoms with E-state index in [0.29, 0.717) is 12.0 Å². The van der Waals surface area contributed by atoms with Gasteiger partial charge in [0, 0.05) is 24.6 Å². The van der Waals surface area contributed by atoms with E-state index in [1.54, 1.807) is 23.1 Å². The van der Waals surface area contributed by atoms with Gasteiger partial charge < -0.3 is 13.8 Å². The van der Waals surface area contributed by atoms with E-state index in [1.807, 2.05) is 27.7 Å². The van der Waals surface area contributed by atoms with Gasteiger partial charge >= 0.3 is 10.1 Å². The van der Waals surface area contributed by atoms with Crippen LogP contribution in [0.3, 0.4) is 0 Å². The second-order valence-corrected chi connectivity index (χ2v) is 9.36. The van der Waals surface area contributed by atoms with Crippen LogP contribution in [0, 0.1) is 11.7 Å². The van der Waals surface area contributed by atoms with Crippen molar-refractivity contribution in [2.24, 2.45) is 5.92 Å². The van der Waals surface area contributed by atoms with Gasteiger partial charge in [-0.1, -0.05) is 39.0 Å². The van der Waals surface area contributed by atoms with Gasteiger partial charge in [0.05, 0.1) is 7.11 Å². The first-order chi connectivity index (χ1) is 14.6. The van der Waals surface area contributed by atoms with Crippen LogP contribution in [0.5, 0.6) is 11.5 Å². The van der Waals surface area contributed by atoms with Crippen molar-refractivity contribution in [1.29, 1.82) is 0 Å². The molecule has 1 unspecified atom stereocenters. The molecule has 0 aromatic heterocycles. The molecule has 2 aromatic carbocycles. The third-order valence-electron chi connectivity index (χ3n) is 4.95. The molecular formula is C23H30FNO5S. The summed E-state index contributed by atoms with van der Waals surface area (Å²) in [5.74, 6) is -0.561. The number of benzene rings is 2. The van der Waals surface area contributed by atoms with Gasteiger partial charge in [-0.3, -0.25) is 4.79 Å². The molecule has 2 rings (SSSR count). The Kier molecular flexibility index (Phi) is 8.44. The lowest BCUT2D eigenvalue weighted by molar-refractivity contribution is -0.134. The summed E-state index contributed by atoms with van der Waals surface area (Å²) in [6.45, 7) is 8.11. The Morgan fingerprint density at radius 2 is 1.77 bits per heavy atom. The van der Waals surface area contributed by atoms with Crippen LogP contribution in [0.15, 0.2) is 47.4 Å². The molecule has 0 spiro atoms. The summed E-state index contributed by atoms with van der Waals surface area (Å²) in [6.07, 6.45) is 1.16. The molecule has 6 nitrogen and oxygen atoms in total. The second kappa shape index (κ2) is 10.6. The van der Waals surface area contributed by atoms with E-state index in [2.05, 4.69) is 0 Å². The first-order valence-electron chi connectivity index (χ1n) is 10.2. The predicted molar refractivity (Wildman–Crippen MR) is 117 cm³/mol. The molecule has 0 saturated heterocycles. The summed E-state index contributed by atoms with van der Waals surface area (Å²) < 4.78 is 49.7. The van der Waals surface area contributed by atoms with Crippen molar-refractivity contribution < 1.29 is 26.5 Å². The number of carbonyl (C=O) groups excluding carboxylic acids is 1. The summed E-state index contributed by atoms with van der Waals surface area (Å²) in [6, 6.07) is 9.92. The van der Waals surface area contributed by atoms with Crippen molar-refractivity contribution in [3.8, 4) is 11.5 Å².